The van der Waals surface area contributed by atoms with E-state index >= 15 is 0 Å². The normalized spacial score (nSPS) is 24.5. The van der Waals surface area contributed by atoms with Crippen LogP contribution in [0.2, 0.25) is 0 Å². The Morgan fingerprint density at radius 2 is 1.94 bits per heavy atom. The average Bonchev–Trinajstić information content (AvgIpc) is 2.53. The molecule has 0 saturated carbocycles. The molecule has 0 radical (unpaired) electrons. The van der Waals surface area contributed by atoms with Crippen molar-refractivity contribution in [2.45, 2.75) is 52.1 Å². The summed E-state index contributed by atoms with van der Waals surface area (Å²) < 4.78 is 0. The lowest BCUT2D eigenvalue weighted by atomic mass is 9.80. The Bertz CT molecular complexity index is 354. The van der Waals surface area contributed by atoms with Crippen LogP contribution in [0, 0.1) is 11.8 Å². The van der Waals surface area contributed by atoms with Crippen LogP contribution in [0.3, 0.4) is 0 Å². The van der Waals surface area contributed by atoms with Gasteiger partial charge in [0.25, 0.3) is 0 Å². The Morgan fingerprint density at radius 3 is 2.65 bits per heavy atom. The Kier molecular flexibility index (Phi) is 4.22. The molecule has 1 aliphatic carbocycles. The quantitative estimate of drug-likeness (QED) is 0.778. The molecule has 94 valence electrons. The first kappa shape index (κ1) is 12.6. The first-order valence-corrected chi connectivity index (χ1v) is 7.03. The van der Waals surface area contributed by atoms with Crippen molar-refractivity contribution in [3.05, 3.63) is 35.4 Å². The van der Waals surface area contributed by atoms with E-state index in [1.54, 1.807) is 0 Å². The maximum absolute atomic E-state index is 10.6. The summed E-state index contributed by atoms with van der Waals surface area (Å²) in [6.07, 6.45) is 5.63. The summed E-state index contributed by atoms with van der Waals surface area (Å²) in [6.45, 7) is 4.50. The van der Waals surface area contributed by atoms with Crippen LogP contribution < -0.4 is 0 Å². The molecule has 17 heavy (non-hydrogen) atoms. The van der Waals surface area contributed by atoms with Gasteiger partial charge in [-0.1, -0.05) is 51.0 Å². The molecule has 2 unspecified atom stereocenters. The summed E-state index contributed by atoms with van der Waals surface area (Å²) in [7, 11) is 0. The molecule has 1 N–H and O–H groups in total. The van der Waals surface area contributed by atoms with Crippen molar-refractivity contribution >= 4 is 0 Å². The number of aryl methyl sites for hydroxylation is 1. The molecule has 1 aliphatic rings. The van der Waals surface area contributed by atoms with Gasteiger partial charge in [0.15, 0.2) is 0 Å². The van der Waals surface area contributed by atoms with Crippen LogP contribution in [-0.4, -0.2) is 5.11 Å². The zero-order valence-electron chi connectivity index (χ0n) is 11.0. The molecular weight excluding hydrogens is 208 g/mol. The van der Waals surface area contributed by atoms with E-state index in [2.05, 4.69) is 38.1 Å². The second-order valence-corrected chi connectivity index (χ2v) is 5.28. The predicted octanol–water partition coefficient (Wildman–Crippen LogP) is 4.11. The van der Waals surface area contributed by atoms with Crippen molar-refractivity contribution in [2.75, 3.05) is 0 Å². The largest absolute Gasteiger partial charge is 0.388 e. The standard InChI is InChI=1S/C16H24O/c1-3-12(4-2)14-11-7-9-13-8-5-6-10-15(13)16(14)17/h5-6,8,10,12,14,16-17H,3-4,7,9,11H2,1-2H3. The maximum atomic E-state index is 10.6. The Balaban J connectivity index is 2.28. The highest BCUT2D eigenvalue weighted by atomic mass is 16.3. The molecule has 2 rings (SSSR count). The predicted molar refractivity (Wildman–Crippen MR) is 71.9 cm³/mol. The van der Waals surface area contributed by atoms with Crippen molar-refractivity contribution in [2.24, 2.45) is 11.8 Å². The molecule has 0 aliphatic heterocycles. The van der Waals surface area contributed by atoms with Crippen LogP contribution in [0.25, 0.3) is 0 Å². The van der Waals surface area contributed by atoms with Gasteiger partial charge in [-0.2, -0.15) is 0 Å². The maximum Gasteiger partial charge on any atom is 0.0823 e. The number of rotatable bonds is 3. The molecule has 0 amide bonds. The third-order valence-corrected chi connectivity index (χ3v) is 4.42. The lowest BCUT2D eigenvalue weighted by Crippen LogP contribution is -2.20. The van der Waals surface area contributed by atoms with Gasteiger partial charge in [-0.3, -0.25) is 0 Å². The molecule has 0 heterocycles. The summed E-state index contributed by atoms with van der Waals surface area (Å²) in [5.74, 6) is 1.12. The molecule has 0 fully saturated rings. The zero-order valence-corrected chi connectivity index (χ0v) is 11.0. The number of fused-ring (bicyclic) bond motifs is 1. The van der Waals surface area contributed by atoms with Gasteiger partial charge >= 0.3 is 0 Å². The number of hydrogen-bond acceptors (Lipinski definition) is 1. The fourth-order valence-electron chi connectivity index (χ4n) is 3.35. The molecule has 1 nitrogen and oxygen atoms in total. The van der Waals surface area contributed by atoms with Gasteiger partial charge in [0.05, 0.1) is 6.10 Å². The number of hydrogen-bond donors (Lipinski definition) is 1. The van der Waals surface area contributed by atoms with Crippen LogP contribution in [0.4, 0.5) is 0 Å². The van der Waals surface area contributed by atoms with Crippen LogP contribution in [0.1, 0.15) is 56.8 Å². The average molecular weight is 232 g/mol. The Morgan fingerprint density at radius 1 is 1.24 bits per heavy atom. The molecule has 0 bridgehead atoms. The highest BCUT2D eigenvalue weighted by Crippen LogP contribution is 2.39. The monoisotopic (exact) mass is 232 g/mol. The molecular formula is C16H24O. The molecule has 0 saturated heterocycles. The highest BCUT2D eigenvalue weighted by molar-refractivity contribution is 5.30. The van der Waals surface area contributed by atoms with E-state index in [-0.39, 0.29) is 6.10 Å². The minimum Gasteiger partial charge on any atom is -0.388 e. The fourth-order valence-corrected chi connectivity index (χ4v) is 3.35. The first-order valence-electron chi connectivity index (χ1n) is 7.03. The van der Waals surface area contributed by atoms with Crippen molar-refractivity contribution < 1.29 is 5.11 Å². The smallest absolute Gasteiger partial charge is 0.0823 e. The van der Waals surface area contributed by atoms with Gasteiger partial charge in [-0.15, -0.1) is 0 Å². The van der Waals surface area contributed by atoms with E-state index < -0.39 is 0 Å². The third kappa shape index (κ3) is 2.55. The van der Waals surface area contributed by atoms with Crippen molar-refractivity contribution in [3.8, 4) is 0 Å². The second-order valence-electron chi connectivity index (χ2n) is 5.28. The van der Waals surface area contributed by atoms with E-state index in [1.165, 1.54) is 36.8 Å². The first-order chi connectivity index (χ1) is 8.27. The molecule has 0 spiro atoms. The molecule has 2 atom stereocenters. The lowest BCUT2D eigenvalue weighted by Gasteiger charge is -2.29. The number of aliphatic hydroxyl groups excluding tert-OH is 1. The van der Waals surface area contributed by atoms with Crippen LogP contribution in [0.5, 0.6) is 0 Å². The van der Waals surface area contributed by atoms with E-state index in [0.717, 1.165) is 6.42 Å². The van der Waals surface area contributed by atoms with Crippen LogP contribution in [0.15, 0.2) is 24.3 Å². The molecule has 1 aromatic rings. The molecule has 0 aromatic heterocycles. The fraction of sp³-hybridized carbons (Fsp3) is 0.625. The van der Waals surface area contributed by atoms with Gasteiger partial charge in [-0.25, -0.2) is 0 Å². The topological polar surface area (TPSA) is 20.2 Å². The van der Waals surface area contributed by atoms with E-state index in [0.29, 0.717) is 11.8 Å². The minimum atomic E-state index is -0.251. The molecule has 1 heteroatoms. The van der Waals surface area contributed by atoms with Gasteiger partial charge in [-0.05, 0) is 42.2 Å². The van der Waals surface area contributed by atoms with Crippen molar-refractivity contribution in [1.29, 1.82) is 0 Å². The van der Waals surface area contributed by atoms with Gasteiger partial charge in [0, 0.05) is 0 Å². The zero-order chi connectivity index (χ0) is 12.3. The van der Waals surface area contributed by atoms with Gasteiger partial charge in [0.1, 0.15) is 0 Å². The van der Waals surface area contributed by atoms with E-state index in [9.17, 15) is 5.11 Å². The summed E-state index contributed by atoms with van der Waals surface area (Å²) in [5, 5.41) is 10.6. The van der Waals surface area contributed by atoms with Crippen molar-refractivity contribution in [1.82, 2.24) is 0 Å². The summed E-state index contributed by atoms with van der Waals surface area (Å²) in [4.78, 5) is 0. The number of aliphatic hydroxyl groups is 1. The van der Waals surface area contributed by atoms with Crippen LogP contribution in [-0.2, 0) is 6.42 Å². The highest BCUT2D eigenvalue weighted by Gasteiger charge is 2.30. The Hall–Kier alpha value is -0.820. The van der Waals surface area contributed by atoms with Gasteiger partial charge < -0.3 is 5.11 Å². The minimum absolute atomic E-state index is 0.251. The molecule has 1 aromatic carbocycles. The summed E-state index contributed by atoms with van der Waals surface area (Å²) >= 11 is 0. The lowest BCUT2D eigenvalue weighted by molar-refractivity contribution is 0.0646. The SMILES string of the molecule is CCC(CC)C1CCCc2ccccc2C1O. The van der Waals surface area contributed by atoms with E-state index in [1.807, 2.05) is 0 Å². The third-order valence-electron chi connectivity index (χ3n) is 4.42. The van der Waals surface area contributed by atoms with Crippen molar-refractivity contribution in [3.63, 3.8) is 0 Å². The van der Waals surface area contributed by atoms with Gasteiger partial charge in [0.2, 0.25) is 0 Å². The van der Waals surface area contributed by atoms with Crippen LogP contribution >= 0.6 is 0 Å². The number of benzene rings is 1. The Labute approximate surface area is 105 Å². The summed E-state index contributed by atoms with van der Waals surface area (Å²) in [6, 6.07) is 8.43. The van der Waals surface area contributed by atoms with E-state index in [4.69, 9.17) is 0 Å². The second kappa shape index (κ2) is 5.68. The summed E-state index contributed by atoms with van der Waals surface area (Å²) in [5.41, 5.74) is 2.54.